The average Bonchev–Trinajstić information content (AvgIpc) is 3.15. The van der Waals surface area contributed by atoms with Crippen molar-refractivity contribution in [3.63, 3.8) is 0 Å². The average molecular weight is 507 g/mol. The molecule has 4 aromatic rings. The van der Waals surface area contributed by atoms with Crippen LogP contribution in [0.1, 0.15) is 16.8 Å². The molecule has 34 heavy (non-hydrogen) atoms. The van der Waals surface area contributed by atoms with Crippen LogP contribution in [0.4, 0.5) is 18.9 Å². The van der Waals surface area contributed by atoms with Gasteiger partial charge in [-0.25, -0.2) is 4.98 Å². The molecule has 3 N–H and O–H groups in total. The molecule has 0 fully saturated rings. The predicted octanol–water partition coefficient (Wildman–Crippen LogP) is 5.25. The highest BCUT2D eigenvalue weighted by atomic mass is 35.5. The molecule has 176 valence electrons. The maximum Gasteiger partial charge on any atom is 0.418 e. The quantitative estimate of drug-likeness (QED) is 0.254. The number of nitrogens with zero attached hydrogens (tertiary/aromatic N) is 3. The monoisotopic (exact) mass is 506 g/mol. The summed E-state index contributed by atoms with van der Waals surface area (Å²) in [6.45, 7) is 3.59. The molecule has 2 aromatic heterocycles. The third-order valence-electron chi connectivity index (χ3n) is 5.02. The molecule has 0 unspecified atom stereocenters. The summed E-state index contributed by atoms with van der Waals surface area (Å²) in [6, 6.07) is 9.97. The van der Waals surface area contributed by atoms with Crippen molar-refractivity contribution >= 4 is 46.0 Å². The summed E-state index contributed by atoms with van der Waals surface area (Å²) >= 11 is 7.13. The first-order valence-corrected chi connectivity index (χ1v) is 11.3. The van der Waals surface area contributed by atoms with Crippen molar-refractivity contribution in [2.75, 3.05) is 11.1 Å². The van der Waals surface area contributed by atoms with E-state index in [-0.39, 0.29) is 22.1 Å². The van der Waals surface area contributed by atoms with Crippen LogP contribution in [0, 0.1) is 19.3 Å². The van der Waals surface area contributed by atoms with Gasteiger partial charge in [-0.1, -0.05) is 35.5 Å². The summed E-state index contributed by atoms with van der Waals surface area (Å²) < 4.78 is 41.3. The van der Waals surface area contributed by atoms with Gasteiger partial charge in [0, 0.05) is 16.4 Å². The number of anilines is 1. The number of amides is 1. The van der Waals surface area contributed by atoms with Gasteiger partial charge in [0.15, 0.2) is 10.8 Å². The topological polar surface area (TPSA) is 99.4 Å². The molecule has 0 saturated carbocycles. The van der Waals surface area contributed by atoms with Crippen LogP contribution in [0.25, 0.3) is 16.7 Å². The highest BCUT2D eigenvalue weighted by Crippen LogP contribution is 2.34. The largest absolute Gasteiger partial charge is 0.418 e. The molecule has 2 heterocycles. The number of thioether (sulfide) groups is 1. The molecule has 4 rings (SSSR count). The minimum atomic E-state index is -4.60. The van der Waals surface area contributed by atoms with Crippen LogP contribution in [-0.4, -0.2) is 31.4 Å². The second-order valence-electron chi connectivity index (χ2n) is 7.44. The number of rotatable bonds is 5. The maximum atomic E-state index is 13.2. The van der Waals surface area contributed by atoms with E-state index < -0.39 is 17.6 Å². The highest BCUT2D eigenvalue weighted by molar-refractivity contribution is 7.99. The van der Waals surface area contributed by atoms with Gasteiger partial charge in [0.05, 0.1) is 22.4 Å². The summed E-state index contributed by atoms with van der Waals surface area (Å²) in [5.74, 6) is -0.882. The maximum absolute atomic E-state index is 13.2. The predicted molar refractivity (Wildman–Crippen MR) is 124 cm³/mol. The van der Waals surface area contributed by atoms with Crippen molar-refractivity contribution in [1.29, 1.82) is 5.41 Å². The number of para-hydroxylation sites is 1. The number of fused-ring (bicyclic) bond motifs is 1. The molecule has 0 saturated heterocycles. The number of carbonyl (C=O) groups is 1. The number of aryl methyl sites for hydroxylation is 2. The minimum Gasteiger partial charge on any atom is -0.325 e. The van der Waals surface area contributed by atoms with E-state index in [2.05, 4.69) is 20.5 Å². The van der Waals surface area contributed by atoms with Gasteiger partial charge >= 0.3 is 6.18 Å². The van der Waals surface area contributed by atoms with Crippen molar-refractivity contribution in [2.45, 2.75) is 25.2 Å². The third kappa shape index (κ3) is 4.66. The zero-order valence-corrected chi connectivity index (χ0v) is 19.5. The van der Waals surface area contributed by atoms with Gasteiger partial charge in [-0.3, -0.25) is 19.9 Å². The molecule has 0 bridgehead atoms. The lowest BCUT2D eigenvalue weighted by molar-refractivity contribution is -0.137. The normalized spacial score (nSPS) is 11.7. The summed E-state index contributed by atoms with van der Waals surface area (Å²) in [5.41, 5.74) is 1.19. The second kappa shape index (κ2) is 9.15. The number of halogens is 4. The second-order valence-corrected chi connectivity index (χ2v) is 8.79. The van der Waals surface area contributed by atoms with Crippen LogP contribution < -0.4 is 10.8 Å². The van der Waals surface area contributed by atoms with E-state index in [0.717, 1.165) is 23.4 Å². The lowest BCUT2D eigenvalue weighted by atomic mass is 10.1. The molecule has 7 nitrogen and oxygen atoms in total. The summed E-state index contributed by atoms with van der Waals surface area (Å²) in [5, 5.41) is 19.3. The molecule has 0 spiro atoms. The van der Waals surface area contributed by atoms with E-state index in [1.54, 1.807) is 29.7 Å². The molecular weight excluding hydrogens is 489 g/mol. The van der Waals surface area contributed by atoms with E-state index in [4.69, 9.17) is 17.0 Å². The SMILES string of the molecule is Cc1cc(-n2c(SCC(=O)Nc3ccccc3C(F)(F)F)nc3n[nH]c(C)c3c2=N)ccc1Cl. The lowest BCUT2D eigenvalue weighted by Crippen LogP contribution is -2.23. The molecule has 0 aliphatic carbocycles. The fraction of sp³-hybridized carbons (Fsp3) is 0.182. The molecule has 12 heteroatoms. The fourth-order valence-electron chi connectivity index (χ4n) is 3.39. The number of alkyl halides is 3. The standard InChI is InChI=1S/C22H18ClF3N6OS/c1-11-9-13(7-8-15(11)23)32-19(27)18-12(2)30-31-20(18)29-21(32)34-10-17(33)28-16-6-4-3-5-14(16)22(24,25)26/h3-9,27H,10H2,1-2H3,(H,28,33)(H,30,31). The highest BCUT2D eigenvalue weighted by Gasteiger charge is 2.33. The first kappa shape index (κ1) is 23.8. The van der Waals surface area contributed by atoms with Crippen LogP contribution in [0.5, 0.6) is 0 Å². The number of hydrogen-bond donors (Lipinski definition) is 3. The van der Waals surface area contributed by atoms with Gasteiger partial charge in [-0.15, -0.1) is 0 Å². The van der Waals surface area contributed by atoms with Crippen molar-refractivity contribution in [3.8, 4) is 5.69 Å². The summed E-state index contributed by atoms with van der Waals surface area (Å²) in [7, 11) is 0. The van der Waals surface area contributed by atoms with Crippen LogP contribution in [-0.2, 0) is 11.0 Å². The van der Waals surface area contributed by atoms with Gasteiger partial charge < -0.3 is 5.32 Å². The Labute approximate surface area is 200 Å². The van der Waals surface area contributed by atoms with E-state index >= 15 is 0 Å². The molecule has 1 amide bonds. The van der Waals surface area contributed by atoms with Gasteiger partial charge in [-0.2, -0.15) is 18.3 Å². The molecule has 0 aliphatic rings. The Kier molecular flexibility index (Phi) is 6.41. The first-order chi connectivity index (χ1) is 16.1. The Bertz CT molecular complexity index is 1460. The fourth-order valence-corrected chi connectivity index (χ4v) is 4.32. The van der Waals surface area contributed by atoms with Crippen LogP contribution in [0.15, 0.2) is 47.6 Å². The van der Waals surface area contributed by atoms with E-state index in [0.29, 0.717) is 27.4 Å². The first-order valence-electron chi connectivity index (χ1n) is 9.94. The molecule has 0 radical (unpaired) electrons. The Morgan fingerprint density at radius 2 is 1.97 bits per heavy atom. The number of benzene rings is 2. The van der Waals surface area contributed by atoms with Crippen molar-refractivity contribution < 1.29 is 18.0 Å². The number of hydrogen-bond acceptors (Lipinski definition) is 5. The third-order valence-corrected chi connectivity index (χ3v) is 6.38. The zero-order chi connectivity index (χ0) is 24.6. The van der Waals surface area contributed by atoms with Gasteiger partial charge in [0.2, 0.25) is 5.91 Å². The number of aromatic nitrogens is 4. The van der Waals surface area contributed by atoms with E-state index in [1.165, 1.54) is 18.2 Å². The van der Waals surface area contributed by atoms with E-state index in [9.17, 15) is 18.0 Å². The Morgan fingerprint density at radius 1 is 1.24 bits per heavy atom. The van der Waals surface area contributed by atoms with Gasteiger partial charge in [-0.05, 0) is 49.7 Å². The molecular formula is C22H18ClF3N6OS. The molecule has 2 aromatic carbocycles. The van der Waals surface area contributed by atoms with Crippen LogP contribution >= 0.6 is 23.4 Å². The summed E-state index contributed by atoms with van der Waals surface area (Å²) in [4.78, 5) is 17.0. The number of H-pyrrole nitrogens is 1. The Balaban J connectivity index is 1.68. The van der Waals surface area contributed by atoms with E-state index in [1.807, 2.05) is 6.92 Å². The van der Waals surface area contributed by atoms with Crippen molar-refractivity contribution in [2.24, 2.45) is 0 Å². The number of nitrogens with one attached hydrogen (secondary N) is 3. The summed E-state index contributed by atoms with van der Waals surface area (Å²) in [6.07, 6.45) is -4.60. The van der Waals surface area contributed by atoms with Gasteiger partial charge in [0.25, 0.3) is 0 Å². The van der Waals surface area contributed by atoms with Crippen molar-refractivity contribution in [1.82, 2.24) is 19.7 Å². The molecule has 0 atom stereocenters. The van der Waals surface area contributed by atoms with Crippen LogP contribution in [0.2, 0.25) is 5.02 Å². The number of aromatic amines is 1. The van der Waals surface area contributed by atoms with Crippen LogP contribution in [0.3, 0.4) is 0 Å². The minimum absolute atomic E-state index is 0.100. The van der Waals surface area contributed by atoms with Gasteiger partial charge in [0.1, 0.15) is 5.49 Å². The zero-order valence-electron chi connectivity index (χ0n) is 17.9. The lowest BCUT2D eigenvalue weighted by Gasteiger charge is -2.15. The number of carbonyl (C=O) groups excluding carboxylic acids is 1. The molecule has 0 aliphatic heterocycles. The van der Waals surface area contributed by atoms with Crippen molar-refractivity contribution in [3.05, 3.63) is 69.8 Å². The Hall–Kier alpha value is -3.31. The Morgan fingerprint density at radius 3 is 2.68 bits per heavy atom. The smallest absolute Gasteiger partial charge is 0.325 e.